The molecule has 1 saturated heterocycles. The smallest absolute Gasteiger partial charge is 0.243 e. The number of halogens is 1. The van der Waals surface area contributed by atoms with Gasteiger partial charge in [0, 0.05) is 30.7 Å². The maximum atomic E-state index is 13.7. The van der Waals surface area contributed by atoms with Gasteiger partial charge in [-0.05, 0) is 48.9 Å². The van der Waals surface area contributed by atoms with Crippen LogP contribution in [0.25, 0.3) is 10.9 Å². The zero-order valence-electron chi connectivity index (χ0n) is 18.4. The first kappa shape index (κ1) is 24.3. The topological polar surface area (TPSA) is 136 Å². The van der Waals surface area contributed by atoms with Crippen LogP contribution in [-0.4, -0.2) is 63.7 Å². The number of alkyl halides is 1. The molecule has 0 bridgehead atoms. The van der Waals surface area contributed by atoms with Crippen LogP contribution in [-0.2, 0) is 30.1 Å². The molecule has 3 aromatic rings. The van der Waals surface area contributed by atoms with Gasteiger partial charge in [-0.25, -0.2) is 34.9 Å². The minimum absolute atomic E-state index is 0.0847. The summed E-state index contributed by atoms with van der Waals surface area (Å²) in [6, 6.07) is 10.3. The summed E-state index contributed by atoms with van der Waals surface area (Å²) in [6.07, 6.45) is 2.58. The van der Waals surface area contributed by atoms with Crippen LogP contribution in [0.5, 0.6) is 0 Å². The van der Waals surface area contributed by atoms with Crippen LogP contribution >= 0.6 is 0 Å². The van der Waals surface area contributed by atoms with Gasteiger partial charge in [0.25, 0.3) is 20.0 Å². The molecule has 2 fully saturated rings. The van der Waals surface area contributed by atoms with Gasteiger partial charge in [-0.2, -0.15) is 12.7 Å². The highest BCUT2D eigenvalue weighted by atomic mass is 32.2. The summed E-state index contributed by atoms with van der Waals surface area (Å²) in [5.74, 6) is 0. The van der Waals surface area contributed by atoms with Gasteiger partial charge in [-0.15, -0.1) is 0 Å². The van der Waals surface area contributed by atoms with E-state index in [1.165, 1.54) is 34.8 Å². The van der Waals surface area contributed by atoms with Gasteiger partial charge in [0.2, 0.25) is 16.0 Å². The Morgan fingerprint density at radius 1 is 0.971 bits per heavy atom. The van der Waals surface area contributed by atoms with E-state index in [1.807, 2.05) is 0 Å². The number of para-hydroxylation sites is 1. The Hall–Kier alpha value is -2.39. The maximum absolute atomic E-state index is 13.7. The number of nitrogens with zero attached hydrogens (tertiary/aromatic N) is 3. The third-order valence-electron chi connectivity index (χ3n) is 6.75. The van der Waals surface area contributed by atoms with Crippen molar-refractivity contribution < 1.29 is 29.6 Å². The van der Waals surface area contributed by atoms with Crippen LogP contribution in [0.3, 0.4) is 0 Å². The second-order valence-electron chi connectivity index (χ2n) is 8.84. The van der Waals surface area contributed by atoms with Gasteiger partial charge in [0.1, 0.15) is 0 Å². The molecule has 1 aromatic carbocycles. The van der Waals surface area contributed by atoms with Gasteiger partial charge in [-0.3, -0.25) is 0 Å². The lowest BCUT2D eigenvalue weighted by Gasteiger charge is -2.32. The van der Waals surface area contributed by atoms with Gasteiger partial charge in [-0.1, -0.05) is 24.3 Å². The fourth-order valence-corrected chi connectivity index (χ4v) is 9.01. The molecule has 0 unspecified atom stereocenters. The third kappa shape index (κ3) is 4.16. The zero-order valence-corrected chi connectivity index (χ0v) is 20.9. The zero-order chi connectivity index (χ0) is 25.1. The van der Waals surface area contributed by atoms with Crippen LogP contribution in [0.4, 0.5) is 4.39 Å². The fourth-order valence-electron chi connectivity index (χ4n) is 4.74. The highest BCUT2D eigenvalue weighted by Crippen LogP contribution is 2.54. The van der Waals surface area contributed by atoms with E-state index in [9.17, 15) is 29.6 Å². The van der Waals surface area contributed by atoms with Crippen molar-refractivity contribution in [2.45, 2.75) is 35.4 Å². The Labute approximate surface area is 202 Å². The number of hydrogen-bond donors (Lipinski definition) is 1. The predicted octanol–water partition coefficient (Wildman–Crippen LogP) is 1.66. The Kier molecular flexibility index (Phi) is 5.79. The quantitative estimate of drug-likeness (QED) is 0.480. The third-order valence-corrected chi connectivity index (χ3v) is 11.3. The SMILES string of the molecule is O=S(=O)(CF)N[C@H]1CC12CCN(S(=O)(=O)c1cc3ccccc3n1S(=O)(=O)c1ccccn1)CC2. The van der Waals surface area contributed by atoms with Crippen molar-refractivity contribution in [2.75, 3.05) is 19.1 Å². The van der Waals surface area contributed by atoms with Crippen molar-refractivity contribution in [3.8, 4) is 0 Å². The Bertz CT molecular complexity index is 1600. The molecule has 35 heavy (non-hydrogen) atoms. The van der Waals surface area contributed by atoms with Crippen molar-refractivity contribution >= 4 is 41.0 Å². The van der Waals surface area contributed by atoms with Crippen LogP contribution < -0.4 is 4.72 Å². The van der Waals surface area contributed by atoms with E-state index >= 15 is 0 Å². The van der Waals surface area contributed by atoms with E-state index in [1.54, 1.807) is 24.3 Å². The fraction of sp³-hybridized carbons (Fsp3) is 0.381. The number of nitrogens with one attached hydrogen (secondary N) is 1. The number of sulfonamides is 2. The van der Waals surface area contributed by atoms with Crippen LogP contribution in [0.1, 0.15) is 19.3 Å². The molecule has 14 heteroatoms. The highest BCUT2D eigenvalue weighted by molar-refractivity contribution is 7.92. The molecule has 1 saturated carbocycles. The van der Waals surface area contributed by atoms with Crippen molar-refractivity contribution in [3.05, 3.63) is 54.7 Å². The van der Waals surface area contributed by atoms with Gasteiger partial charge < -0.3 is 0 Å². The second kappa shape index (κ2) is 8.34. The summed E-state index contributed by atoms with van der Waals surface area (Å²) in [7, 11) is -12.6. The van der Waals surface area contributed by atoms with E-state index in [-0.39, 0.29) is 28.7 Å². The van der Waals surface area contributed by atoms with Crippen molar-refractivity contribution in [1.82, 2.24) is 18.0 Å². The summed E-state index contributed by atoms with van der Waals surface area (Å²) in [5, 5.41) is -0.218. The van der Waals surface area contributed by atoms with Crippen molar-refractivity contribution in [2.24, 2.45) is 5.41 Å². The molecule has 0 radical (unpaired) electrons. The van der Waals surface area contributed by atoms with Gasteiger partial charge >= 0.3 is 0 Å². The molecule has 1 aliphatic carbocycles. The average molecular weight is 543 g/mol. The van der Waals surface area contributed by atoms with E-state index in [0.717, 1.165) is 3.97 Å². The average Bonchev–Trinajstić information content (AvgIpc) is 3.30. The maximum Gasteiger partial charge on any atom is 0.286 e. The Balaban J connectivity index is 1.48. The van der Waals surface area contributed by atoms with Crippen LogP contribution in [0, 0.1) is 5.41 Å². The van der Waals surface area contributed by atoms with Crippen LogP contribution in [0.2, 0.25) is 0 Å². The number of fused-ring (bicyclic) bond motifs is 1. The minimum Gasteiger partial charge on any atom is -0.243 e. The molecule has 5 rings (SSSR count). The van der Waals surface area contributed by atoms with E-state index < -0.39 is 47.5 Å². The summed E-state index contributed by atoms with van der Waals surface area (Å²) in [4.78, 5) is 3.92. The molecule has 0 amide bonds. The lowest BCUT2D eigenvalue weighted by molar-refractivity contribution is 0.248. The van der Waals surface area contributed by atoms with Gasteiger partial charge in [0.05, 0.1) is 5.52 Å². The van der Waals surface area contributed by atoms with Crippen molar-refractivity contribution in [3.63, 3.8) is 0 Å². The standard InChI is InChI=1S/C21H23FN4O6S3/c22-15-33(27,28)24-18-14-21(18)8-11-25(12-9-21)35(31,32)20-13-16-5-1-2-6-17(16)26(20)34(29,30)19-7-3-4-10-23-19/h1-7,10,13,18,24H,8-9,11-12,14-15H2/t18-/m0/s1. The summed E-state index contributed by atoms with van der Waals surface area (Å²) in [5.41, 5.74) is -0.200. The second-order valence-corrected chi connectivity index (χ2v) is 14.1. The molecule has 3 heterocycles. The number of piperidine rings is 1. The number of benzene rings is 1. The first-order chi connectivity index (χ1) is 16.5. The molecule has 1 aliphatic heterocycles. The number of aromatic nitrogens is 2. The molecule has 1 N–H and O–H groups in total. The summed E-state index contributed by atoms with van der Waals surface area (Å²) in [6.45, 7) is 0.169. The normalized spacial score (nSPS) is 20.9. The number of pyridine rings is 1. The van der Waals surface area contributed by atoms with Crippen molar-refractivity contribution in [1.29, 1.82) is 0 Å². The molecule has 10 nitrogen and oxygen atoms in total. The lowest BCUT2D eigenvalue weighted by atomic mass is 9.94. The first-order valence-electron chi connectivity index (χ1n) is 10.8. The van der Waals surface area contributed by atoms with E-state index in [0.29, 0.717) is 24.6 Å². The monoisotopic (exact) mass is 542 g/mol. The number of hydrogen-bond acceptors (Lipinski definition) is 7. The predicted molar refractivity (Wildman–Crippen MR) is 126 cm³/mol. The Morgan fingerprint density at radius 3 is 2.31 bits per heavy atom. The van der Waals surface area contributed by atoms with Gasteiger partial charge in [0.15, 0.2) is 10.1 Å². The Morgan fingerprint density at radius 2 is 1.66 bits per heavy atom. The lowest BCUT2D eigenvalue weighted by Crippen LogP contribution is -2.42. The van der Waals surface area contributed by atoms with E-state index in [4.69, 9.17) is 0 Å². The summed E-state index contributed by atoms with van der Waals surface area (Å²) < 4.78 is 94.6. The summed E-state index contributed by atoms with van der Waals surface area (Å²) >= 11 is 0. The first-order valence-corrected chi connectivity index (χ1v) is 15.4. The van der Waals surface area contributed by atoms with Crippen LogP contribution in [0.15, 0.2) is 64.8 Å². The molecular weight excluding hydrogens is 519 g/mol. The molecular formula is C21H23FN4O6S3. The van der Waals surface area contributed by atoms with E-state index in [2.05, 4.69) is 9.71 Å². The molecule has 2 aromatic heterocycles. The largest absolute Gasteiger partial charge is 0.286 e. The highest BCUT2D eigenvalue weighted by Gasteiger charge is 2.57. The molecule has 1 atom stereocenters. The molecule has 1 spiro atoms. The molecule has 2 aliphatic rings. The minimum atomic E-state index is -4.33. The number of rotatable bonds is 7. The molecule has 188 valence electrons.